The number of rotatable bonds is 3. The summed E-state index contributed by atoms with van der Waals surface area (Å²) in [5.41, 5.74) is 5.95. The van der Waals surface area contributed by atoms with E-state index in [-0.39, 0.29) is 17.7 Å². The number of carbonyl (C=O) groups excluding carboxylic acids is 1. The van der Waals surface area contributed by atoms with Crippen molar-refractivity contribution in [1.82, 2.24) is 5.32 Å². The Morgan fingerprint density at radius 1 is 1.67 bits per heavy atom. The van der Waals surface area contributed by atoms with Crippen molar-refractivity contribution in [3.05, 3.63) is 12.3 Å². The maximum Gasteiger partial charge on any atom is 0.250 e. The van der Waals surface area contributed by atoms with Crippen LogP contribution in [0, 0.1) is 5.92 Å². The number of amides is 1. The van der Waals surface area contributed by atoms with E-state index in [1.165, 1.54) is 0 Å². The van der Waals surface area contributed by atoms with Gasteiger partial charge in [-0.2, -0.15) is 4.99 Å². The average molecular weight is 167 g/mol. The maximum absolute atomic E-state index is 11.1. The smallest absolute Gasteiger partial charge is 0.250 e. The van der Waals surface area contributed by atoms with Crippen LogP contribution in [0.2, 0.25) is 0 Å². The van der Waals surface area contributed by atoms with Crippen LogP contribution in [0.25, 0.3) is 0 Å². The lowest BCUT2D eigenvalue weighted by Gasteiger charge is -2.01. The molecule has 12 heavy (non-hydrogen) atoms. The fourth-order valence-electron chi connectivity index (χ4n) is 0.736. The van der Waals surface area contributed by atoms with Crippen molar-refractivity contribution >= 4 is 11.7 Å². The van der Waals surface area contributed by atoms with Gasteiger partial charge in [0.25, 0.3) is 5.91 Å². The molecule has 0 radical (unpaired) electrons. The number of likely N-dealkylation sites (N-methyl/N-ethyl adjacent to an activating group) is 1. The fourth-order valence-corrected chi connectivity index (χ4v) is 0.736. The highest BCUT2D eigenvalue weighted by Crippen LogP contribution is 2.30. The quantitative estimate of drug-likeness (QED) is 0.459. The van der Waals surface area contributed by atoms with Gasteiger partial charge in [0.2, 0.25) is 0 Å². The van der Waals surface area contributed by atoms with Crippen molar-refractivity contribution in [2.45, 2.75) is 12.8 Å². The van der Waals surface area contributed by atoms with Gasteiger partial charge in [0.15, 0.2) is 0 Å². The van der Waals surface area contributed by atoms with Gasteiger partial charge in [-0.25, -0.2) is 0 Å². The first kappa shape index (κ1) is 8.77. The molecule has 66 valence electrons. The van der Waals surface area contributed by atoms with Crippen LogP contribution >= 0.6 is 0 Å². The van der Waals surface area contributed by atoms with Gasteiger partial charge in [-0.1, -0.05) is 6.58 Å². The largest absolute Gasteiger partial charge is 0.386 e. The number of nitrogens with two attached hydrogens (primary N) is 1. The summed E-state index contributed by atoms with van der Waals surface area (Å²) in [6, 6.07) is 0. The van der Waals surface area contributed by atoms with Crippen LogP contribution in [0.1, 0.15) is 12.8 Å². The van der Waals surface area contributed by atoms with E-state index in [1.54, 1.807) is 7.05 Å². The molecule has 1 amide bonds. The Bertz CT molecular complexity index is 241. The van der Waals surface area contributed by atoms with Gasteiger partial charge in [-0.3, -0.25) is 4.79 Å². The Balaban J connectivity index is 2.53. The second-order valence-corrected chi connectivity index (χ2v) is 2.84. The monoisotopic (exact) mass is 167 g/mol. The lowest BCUT2D eigenvalue weighted by molar-refractivity contribution is -0.118. The summed E-state index contributed by atoms with van der Waals surface area (Å²) in [6.45, 7) is 3.59. The Hall–Kier alpha value is -1.32. The van der Waals surface area contributed by atoms with Crippen LogP contribution in [0.4, 0.5) is 0 Å². The lowest BCUT2D eigenvalue weighted by atomic mass is 10.4. The first-order valence-electron chi connectivity index (χ1n) is 3.90. The number of nitrogens with one attached hydrogen (secondary N) is 1. The predicted octanol–water partition coefficient (Wildman–Crippen LogP) is 0.0133. The van der Waals surface area contributed by atoms with E-state index in [4.69, 9.17) is 5.73 Å². The zero-order valence-corrected chi connectivity index (χ0v) is 7.13. The van der Waals surface area contributed by atoms with Crippen molar-refractivity contribution in [2.24, 2.45) is 16.6 Å². The van der Waals surface area contributed by atoms with E-state index in [0.29, 0.717) is 5.70 Å². The fraction of sp³-hybridized carbons (Fsp3) is 0.500. The Morgan fingerprint density at radius 3 is 2.67 bits per heavy atom. The molecule has 1 aliphatic rings. The van der Waals surface area contributed by atoms with Gasteiger partial charge in [0.1, 0.15) is 5.84 Å². The number of hydrogen-bond acceptors (Lipinski definition) is 2. The molecule has 4 nitrogen and oxygen atoms in total. The molecule has 0 aliphatic heterocycles. The summed E-state index contributed by atoms with van der Waals surface area (Å²) in [4.78, 5) is 14.8. The van der Waals surface area contributed by atoms with E-state index >= 15 is 0 Å². The molecule has 1 saturated carbocycles. The second kappa shape index (κ2) is 3.38. The molecule has 0 heterocycles. The molecule has 4 heteroatoms. The van der Waals surface area contributed by atoms with E-state index < -0.39 is 0 Å². The molecular formula is C8H13N3O. The molecule has 0 aromatic heterocycles. The van der Waals surface area contributed by atoms with Crippen LogP contribution in [-0.4, -0.2) is 18.8 Å². The van der Waals surface area contributed by atoms with E-state index in [2.05, 4.69) is 16.9 Å². The van der Waals surface area contributed by atoms with Crippen molar-refractivity contribution in [2.75, 3.05) is 7.05 Å². The standard InChI is InChI=1S/C8H13N3O/c1-5(10-2)7(9)11-8(12)6-3-4-6/h6,10H,1,3-4H2,2H3,(H2,9,11,12). The van der Waals surface area contributed by atoms with Gasteiger partial charge >= 0.3 is 0 Å². The second-order valence-electron chi connectivity index (χ2n) is 2.84. The molecule has 1 rings (SSSR count). The first-order chi connectivity index (χ1) is 5.65. The van der Waals surface area contributed by atoms with Crippen LogP contribution < -0.4 is 11.1 Å². The SMILES string of the molecule is C=C(NC)C(N)=NC(=O)C1CC1. The molecule has 0 aromatic carbocycles. The molecule has 1 fully saturated rings. The van der Waals surface area contributed by atoms with Gasteiger partial charge < -0.3 is 11.1 Å². The maximum atomic E-state index is 11.1. The Kier molecular flexibility index (Phi) is 2.47. The number of nitrogens with zero attached hydrogens (tertiary/aromatic N) is 1. The summed E-state index contributed by atoms with van der Waals surface area (Å²) < 4.78 is 0. The van der Waals surface area contributed by atoms with E-state index in [0.717, 1.165) is 12.8 Å². The van der Waals surface area contributed by atoms with Crippen molar-refractivity contribution in [3.63, 3.8) is 0 Å². The summed E-state index contributed by atoms with van der Waals surface area (Å²) in [5, 5.41) is 2.73. The molecule has 1 aliphatic carbocycles. The van der Waals surface area contributed by atoms with Crippen molar-refractivity contribution in [1.29, 1.82) is 0 Å². The third-order valence-corrected chi connectivity index (χ3v) is 1.77. The number of hydrogen-bond donors (Lipinski definition) is 2. The first-order valence-corrected chi connectivity index (χ1v) is 3.90. The van der Waals surface area contributed by atoms with Crippen LogP contribution in [0.3, 0.4) is 0 Å². The highest BCUT2D eigenvalue weighted by Gasteiger charge is 2.29. The zero-order valence-electron chi connectivity index (χ0n) is 7.13. The summed E-state index contributed by atoms with van der Waals surface area (Å²) in [6.07, 6.45) is 1.89. The van der Waals surface area contributed by atoms with Gasteiger partial charge in [-0.05, 0) is 12.8 Å². The molecule has 0 saturated heterocycles. The molecule has 0 spiro atoms. The normalized spacial score (nSPS) is 17.2. The third-order valence-electron chi connectivity index (χ3n) is 1.77. The molecular weight excluding hydrogens is 154 g/mol. The van der Waals surface area contributed by atoms with Crippen LogP contribution in [-0.2, 0) is 4.79 Å². The highest BCUT2D eigenvalue weighted by atomic mass is 16.1. The topological polar surface area (TPSA) is 67.5 Å². The third kappa shape index (κ3) is 2.08. The Morgan fingerprint density at radius 2 is 2.25 bits per heavy atom. The van der Waals surface area contributed by atoms with Gasteiger partial charge in [0, 0.05) is 13.0 Å². The van der Waals surface area contributed by atoms with E-state index in [1.807, 2.05) is 0 Å². The predicted molar refractivity (Wildman–Crippen MR) is 47.6 cm³/mol. The van der Waals surface area contributed by atoms with Crippen molar-refractivity contribution < 1.29 is 4.79 Å². The molecule has 0 aromatic rings. The highest BCUT2D eigenvalue weighted by molar-refractivity contribution is 6.03. The van der Waals surface area contributed by atoms with E-state index in [9.17, 15) is 4.79 Å². The van der Waals surface area contributed by atoms with Crippen LogP contribution in [0.15, 0.2) is 17.3 Å². The lowest BCUT2D eigenvalue weighted by Crippen LogP contribution is -2.24. The molecule has 0 atom stereocenters. The molecule has 0 unspecified atom stereocenters. The minimum atomic E-state index is -0.121. The minimum Gasteiger partial charge on any atom is -0.386 e. The summed E-state index contributed by atoms with van der Waals surface area (Å²) in [5.74, 6) is 0.187. The Labute approximate surface area is 71.5 Å². The summed E-state index contributed by atoms with van der Waals surface area (Å²) in [7, 11) is 1.69. The number of carbonyl (C=O) groups is 1. The van der Waals surface area contributed by atoms with Gasteiger partial charge in [-0.15, -0.1) is 0 Å². The molecule has 0 bridgehead atoms. The van der Waals surface area contributed by atoms with Crippen LogP contribution in [0.5, 0.6) is 0 Å². The minimum absolute atomic E-state index is 0.119. The average Bonchev–Trinajstić information content (AvgIpc) is 2.84. The van der Waals surface area contributed by atoms with Crippen molar-refractivity contribution in [3.8, 4) is 0 Å². The number of aliphatic imine (C=N–C) groups is 1. The zero-order chi connectivity index (χ0) is 9.14. The molecule has 3 N–H and O–H groups in total. The number of amidine groups is 1. The van der Waals surface area contributed by atoms with Gasteiger partial charge in [0.05, 0.1) is 5.70 Å². The summed E-state index contributed by atoms with van der Waals surface area (Å²) >= 11 is 0.